The highest BCUT2D eigenvalue weighted by atomic mass is 16.6. The van der Waals surface area contributed by atoms with Gasteiger partial charge in [0.25, 0.3) is 5.91 Å². The van der Waals surface area contributed by atoms with Crippen molar-refractivity contribution in [3.63, 3.8) is 0 Å². The van der Waals surface area contributed by atoms with Gasteiger partial charge >= 0.3 is 0 Å². The van der Waals surface area contributed by atoms with Crippen molar-refractivity contribution in [3.05, 3.63) is 35.9 Å². The van der Waals surface area contributed by atoms with Crippen molar-refractivity contribution in [1.82, 2.24) is 5.32 Å². The molecule has 4 heteroatoms. The first-order chi connectivity index (χ1) is 9.50. The quantitative estimate of drug-likeness (QED) is 0.614. The third-order valence-electron chi connectivity index (χ3n) is 3.03. The van der Waals surface area contributed by atoms with Crippen molar-refractivity contribution in [2.45, 2.75) is 46.1 Å². The second kappa shape index (κ2) is 7.68. The fraction of sp³-hybridized carbons (Fsp3) is 0.500. The van der Waals surface area contributed by atoms with Crippen LogP contribution < -0.4 is 5.32 Å². The second-order valence-electron chi connectivity index (χ2n) is 5.27. The summed E-state index contributed by atoms with van der Waals surface area (Å²) in [5.41, 5.74) is 0.694. The lowest BCUT2D eigenvalue weighted by molar-refractivity contribution is -0.115. The van der Waals surface area contributed by atoms with Crippen LogP contribution in [-0.2, 0) is 9.63 Å². The summed E-state index contributed by atoms with van der Waals surface area (Å²) in [5.74, 6) is -0.204. The monoisotopic (exact) mass is 276 g/mol. The van der Waals surface area contributed by atoms with E-state index in [0.717, 1.165) is 18.4 Å². The Morgan fingerprint density at radius 1 is 1.25 bits per heavy atom. The lowest BCUT2D eigenvalue weighted by Crippen LogP contribution is -2.33. The molecule has 0 bridgehead atoms. The van der Waals surface area contributed by atoms with Gasteiger partial charge in [0.1, 0.15) is 5.60 Å². The molecule has 1 amide bonds. The number of nitrogens with zero attached hydrogens (tertiary/aromatic N) is 1. The minimum atomic E-state index is -0.384. The Labute approximate surface area is 121 Å². The summed E-state index contributed by atoms with van der Waals surface area (Å²) >= 11 is 0. The van der Waals surface area contributed by atoms with Gasteiger partial charge in [-0.25, -0.2) is 0 Å². The molecule has 0 unspecified atom stereocenters. The van der Waals surface area contributed by atoms with Crippen LogP contribution in [0.4, 0.5) is 0 Å². The Bertz CT molecular complexity index is 453. The first kappa shape index (κ1) is 16.2. The van der Waals surface area contributed by atoms with E-state index < -0.39 is 0 Å². The zero-order valence-corrected chi connectivity index (χ0v) is 12.8. The third kappa shape index (κ3) is 5.03. The summed E-state index contributed by atoms with van der Waals surface area (Å²) in [5, 5.41) is 6.93. The highest BCUT2D eigenvalue weighted by Crippen LogP contribution is 2.15. The number of amides is 1. The van der Waals surface area contributed by atoms with Gasteiger partial charge < -0.3 is 10.2 Å². The highest BCUT2D eigenvalue weighted by molar-refractivity contribution is 6.45. The van der Waals surface area contributed by atoms with Gasteiger partial charge in [0, 0.05) is 12.1 Å². The van der Waals surface area contributed by atoms with Crippen molar-refractivity contribution in [1.29, 1.82) is 0 Å². The molecule has 20 heavy (non-hydrogen) atoms. The molecule has 1 aromatic carbocycles. The largest absolute Gasteiger partial charge is 0.389 e. The van der Waals surface area contributed by atoms with Gasteiger partial charge in [-0.05, 0) is 26.7 Å². The molecule has 0 radical (unpaired) electrons. The van der Waals surface area contributed by atoms with Crippen LogP contribution in [0.2, 0.25) is 0 Å². The average molecular weight is 276 g/mol. The van der Waals surface area contributed by atoms with Gasteiger partial charge in [-0.3, -0.25) is 4.79 Å². The van der Waals surface area contributed by atoms with Crippen LogP contribution in [0.1, 0.15) is 46.1 Å². The molecule has 0 heterocycles. The Morgan fingerprint density at radius 2 is 1.90 bits per heavy atom. The molecular weight excluding hydrogens is 252 g/mol. The van der Waals surface area contributed by atoms with E-state index in [1.807, 2.05) is 58.0 Å². The maximum Gasteiger partial charge on any atom is 0.273 e. The molecule has 0 saturated carbocycles. The molecule has 110 valence electrons. The number of nitrogens with one attached hydrogen (secondary N) is 1. The lowest BCUT2D eigenvalue weighted by atomic mass is 10.1. The molecule has 4 nitrogen and oxygen atoms in total. The van der Waals surface area contributed by atoms with Crippen molar-refractivity contribution < 1.29 is 9.63 Å². The molecular formula is C16H24N2O2. The molecule has 0 aromatic heterocycles. The SMILES string of the molecule is CCCNC(=O)/C(=N/OC(C)(C)CC)c1ccccc1. The van der Waals surface area contributed by atoms with E-state index in [2.05, 4.69) is 10.5 Å². The van der Waals surface area contributed by atoms with Gasteiger partial charge in [-0.1, -0.05) is 49.3 Å². The molecule has 0 atom stereocenters. The normalized spacial score (nSPS) is 12.1. The maximum atomic E-state index is 12.2. The first-order valence-electron chi connectivity index (χ1n) is 7.10. The van der Waals surface area contributed by atoms with E-state index >= 15 is 0 Å². The lowest BCUT2D eigenvalue weighted by Gasteiger charge is -2.20. The number of hydrogen-bond donors (Lipinski definition) is 1. The summed E-state index contributed by atoms with van der Waals surface area (Å²) in [7, 11) is 0. The molecule has 0 fully saturated rings. The van der Waals surface area contributed by atoms with Crippen LogP contribution in [0.15, 0.2) is 35.5 Å². The van der Waals surface area contributed by atoms with Gasteiger partial charge in [-0.15, -0.1) is 0 Å². The molecule has 0 saturated heterocycles. The molecule has 0 aliphatic rings. The maximum absolute atomic E-state index is 12.2. The van der Waals surface area contributed by atoms with Gasteiger partial charge in [0.05, 0.1) is 0 Å². The van der Waals surface area contributed by atoms with Crippen LogP contribution >= 0.6 is 0 Å². The summed E-state index contributed by atoms with van der Waals surface area (Å²) in [6, 6.07) is 9.37. The van der Waals surface area contributed by atoms with E-state index in [-0.39, 0.29) is 11.5 Å². The standard InChI is InChI=1S/C16H24N2O2/c1-5-12-17-15(19)14(13-10-8-7-9-11-13)18-20-16(3,4)6-2/h7-11H,5-6,12H2,1-4H3,(H,17,19)/b18-14+. The van der Waals surface area contributed by atoms with Crippen molar-refractivity contribution in [2.24, 2.45) is 5.16 Å². The van der Waals surface area contributed by atoms with Crippen molar-refractivity contribution in [3.8, 4) is 0 Å². The Hall–Kier alpha value is -1.84. The predicted octanol–water partition coefficient (Wildman–Crippen LogP) is 3.12. The molecule has 1 N–H and O–H groups in total. The van der Waals surface area contributed by atoms with Crippen LogP contribution in [0.25, 0.3) is 0 Å². The molecule has 1 aromatic rings. The van der Waals surface area contributed by atoms with E-state index in [0.29, 0.717) is 12.3 Å². The van der Waals surface area contributed by atoms with E-state index in [1.165, 1.54) is 0 Å². The number of benzene rings is 1. The smallest absolute Gasteiger partial charge is 0.273 e. The van der Waals surface area contributed by atoms with Crippen LogP contribution in [0, 0.1) is 0 Å². The predicted molar refractivity (Wildman–Crippen MR) is 81.7 cm³/mol. The van der Waals surface area contributed by atoms with Crippen molar-refractivity contribution >= 4 is 11.6 Å². The van der Waals surface area contributed by atoms with E-state index in [9.17, 15) is 4.79 Å². The third-order valence-corrected chi connectivity index (χ3v) is 3.03. The topological polar surface area (TPSA) is 50.7 Å². The first-order valence-corrected chi connectivity index (χ1v) is 7.10. The summed E-state index contributed by atoms with van der Waals surface area (Å²) in [6.45, 7) is 8.55. The summed E-state index contributed by atoms with van der Waals surface area (Å²) in [4.78, 5) is 17.7. The Morgan fingerprint density at radius 3 is 2.45 bits per heavy atom. The number of rotatable bonds is 7. The second-order valence-corrected chi connectivity index (χ2v) is 5.27. The Kier molecular flexibility index (Phi) is 6.22. The van der Waals surface area contributed by atoms with Crippen LogP contribution in [0.5, 0.6) is 0 Å². The number of carbonyl (C=O) groups excluding carboxylic acids is 1. The number of oxime groups is 1. The molecule has 0 aliphatic carbocycles. The van der Waals surface area contributed by atoms with Crippen molar-refractivity contribution in [2.75, 3.05) is 6.54 Å². The minimum absolute atomic E-state index is 0.204. The molecule has 0 spiro atoms. The Balaban J connectivity index is 2.96. The average Bonchev–Trinajstić information content (AvgIpc) is 2.46. The van der Waals surface area contributed by atoms with Crippen LogP contribution in [0.3, 0.4) is 0 Å². The zero-order valence-electron chi connectivity index (χ0n) is 12.8. The van der Waals surface area contributed by atoms with E-state index in [4.69, 9.17) is 4.84 Å². The zero-order chi connectivity index (χ0) is 15.0. The molecule has 1 rings (SSSR count). The highest BCUT2D eigenvalue weighted by Gasteiger charge is 2.19. The van der Waals surface area contributed by atoms with Gasteiger partial charge in [-0.2, -0.15) is 0 Å². The van der Waals surface area contributed by atoms with Gasteiger partial charge in [0.2, 0.25) is 0 Å². The van der Waals surface area contributed by atoms with Crippen LogP contribution in [-0.4, -0.2) is 23.8 Å². The summed E-state index contributed by atoms with van der Waals surface area (Å²) < 4.78 is 0. The number of hydrogen-bond acceptors (Lipinski definition) is 3. The van der Waals surface area contributed by atoms with E-state index in [1.54, 1.807) is 0 Å². The van der Waals surface area contributed by atoms with Gasteiger partial charge in [0.15, 0.2) is 5.71 Å². The molecule has 0 aliphatic heterocycles. The fourth-order valence-corrected chi connectivity index (χ4v) is 1.38. The minimum Gasteiger partial charge on any atom is -0.389 e. The fourth-order valence-electron chi connectivity index (χ4n) is 1.38. The number of carbonyl (C=O) groups is 1. The summed E-state index contributed by atoms with van der Waals surface area (Å²) in [6.07, 6.45) is 1.70.